The zero-order valence-corrected chi connectivity index (χ0v) is 12.2. The second-order valence-corrected chi connectivity index (χ2v) is 4.83. The number of hydrogen-bond acceptors (Lipinski definition) is 3. The predicted octanol–water partition coefficient (Wildman–Crippen LogP) is 1.90. The van der Waals surface area contributed by atoms with Gasteiger partial charge in [0.15, 0.2) is 0 Å². The van der Waals surface area contributed by atoms with Gasteiger partial charge in [0, 0.05) is 25.9 Å². The highest BCUT2D eigenvalue weighted by molar-refractivity contribution is 6.39. The van der Waals surface area contributed by atoms with Crippen LogP contribution in [0.5, 0.6) is 0 Å². The highest BCUT2D eigenvalue weighted by atomic mass is 16.5. The van der Waals surface area contributed by atoms with E-state index in [9.17, 15) is 9.59 Å². The van der Waals surface area contributed by atoms with Crippen molar-refractivity contribution in [1.82, 2.24) is 5.32 Å². The molecule has 20 heavy (non-hydrogen) atoms. The second-order valence-electron chi connectivity index (χ2n) is 4.83. The lowest BCUT2D eigenvalue weighted by Gasteiger charge is -2.08. The number of anilines is 1. The summed E-state index contributed by atoms with van der Waals surface area (Å²) in [6, 6.07) is 7.48. The van der Waals surface area contributed by atoms with Crippen LogP contribution in [0, 0.1) is 0 Å². The minimum Gasteiger partial charge on any atom is -0.385 e. The topological polar surface area (TPSA) is 67.4 Å². The molecule has 0 radical (unpaired) electrons. The number of hydrogen-bond donors (Lipinski definition) is 2. The summed E-state index contributed by atoms with van der Waals surface area (Å²) in [6.07, 6.45) is 0.679. The number of benzene rings is 1. The van der Waals surface area contributed by atoms with Gasteiger partial charge < -0.3 is 15.4 Å². The van der Waals surface area contributed by atoms with Gasteiger partial charge in [0.2, 0.25) is 0 Å². The van der Waals surface area contributed by atoms with E-state index in [1.807, 2.05) is 12.1 Å². The molecule has 0 fully saturated rings. The third-order valence-electron chi connectivity index (χ3n) is 2.85. The average molecular weight is 278 g/mol. The largest absolute Gasteiger partial charge is 0.385 e. The van der Waals surface area contributed by atoms with E-state index in [0.717, 1.165) is 0 Å². The molecule has 0 aliphatic carbocycles. The van der Waals surface area contributed by atoms with Gasteiger partial charge in [-0.3, -0.25) is 9.59 Å². The lowest BCUT2D eigenvalue weighted by molar-refractivity contribution is -0.136. The smallest absolute Gasteiger partial charge is 0.313 e. The average Bonchev–Trinajstić information content (AvgIpc) is 2.44. The highest BCUT2D eigenvalue weighted by Gasteiger charge is 2.12. The summed E-state index contributed by atoms with van der Waals surface area (Å²) in [7, 11) is 1.59. The lowest BCUT2D eigenvalue weighted by Crippen LogP contribution is -2.36. The molecule has 0 aromatic heterocycles. The molecule has 0 aliphatic rings. The SMILES string of the molecule is COCCCNC(=O)C(=O)Nc1ccc(C(C)C)cc1. The van der Waals surface area contributed by atoms with Gasteiger partial charge in [0.05, 0.1) is 0 Å². The van der Waals surface area contributed by atoms with Crippen molar-refractivity contribution in [1.29, 1.82) is 0 Å². The molecule has 0 atom stereocenters. The van der Waals surface area contributed by atoms with Gasteiger partial charge in [0.1, 0.15) is 0 Å². The van der Waals surface area contributed by atoms with Crippen LogP contribution in [0.25, 0.3) is 0 Å². The summed E-state index contributed by atoms with van der Waals surface area (Å²) in [5, 5.41) is 5.10. The van der Waals surface area contributed by atoms with Crippen LogP contribution in [-0.2, 0) is 14.3 Å². The van der Waals surface area contributed by atoms with Crippen LogP contribution in [0.4, 0.5) is 5.69 Å². The Balaban J connectivity index is 2.43. The molecule has 1 rings (SSSR count). The molecular weight excluding hydrogens is 256 g/mol. The normalized spacial score (nSPS) is 10.4. The van der Waals surface area contributed by atoms with Crippen molar-refractivity contribution in [2.24, 2.45) is 0 Å². The summed E-state index contributed by atoms with van der Waals surface area (Å²) < 4.78 is 4.86. The molecule has 1 aromatic rings. The Morgan fingerprint density at radius 2 is 1.80 bits per heavy atom. The molecule has 0 bridgehead atoms. The maximum absolute atomic E-state index is 11.6. The van der Waals surface area contributed by atoms with E-state index in [1.54, 1.807) is 19.2 Å². The summed E-state index contributed by atoms with van der Waals surface area (Å²) in [4.78, 5) is 23.2. The van der Waals surface area contributed by atoms with Crippen LogP contribution < -0.4 is 10.6 Å². The van der Waals surface area contributed by atoms with E-state index in [0.29, 0.717) is 31.2 Å². The monoisotopic (exact) mass is 278 g/mol. The molecule has 0 aliphatic heterocycles. The zero-order chi connectivity index (χ0) is 15.0. The molecule has 5 nitrogen and oxygen atoms in total. The molecule has 110 valence electrons. The number of nitrogens with one attached hydrogen (secondary N) is 2. The zero-order valence-electron chi connectivity index (χ0n) is 12.2. The van der Waals surface area contributed by atoms with Gasteiger partial charge in [-0.2, -0.15) is 0 Å². The molecule has 0 unspecified atom stereocenters. The minimum absolute atomic E-state index is 0.423. The fourth-order valence-corrected chi connectivity index (χ4v) is 1.64. The number of ether oxygens (including phenoxy) is 1. The first kappa shape index (κ1) is 16.2. The number of rotatable bonds is 6. The van der Waals surface area contributed by atoms with Gasteiger partial charge >= 0.3 is 11.8 Å². The van der Waals surface area contributed by atoms with Gasteiger partial charge in [0.25, 0.3) is 0 Å². The number of carbonyl (C=O) groups is 2. The van der Waals surface area contributed by atoms with E-state index < -0.39 is 11.8 Å². The van der Waals surface area contributed by atoms with Crippen LogP contribution in [0.3, 0.4) is 0 Å². The molecular formula is C15H22N2O3. The second kappa shape index (κ2) is 8.32. The predicted molar refractivity (Wildman–Crippen MR) is 78.7 cm³/mol. The molecule has 1 aromatic carbocycles. The Bertz CT molecular complexity index is 441. The van der Waals surface area contributed by atoms with Crippen molar-refractivity contribution in [3.05, 3.63) is 29.8 Å². The van der Waals surface area contributed by atoms with E-state index >= 15 is 0 Å². The van der Waals surface area contributed by atoms with E-state index in [1.165, 1.54) is 5.56 Å². The number of amides is 2. The quantitative estimate of drug-likeness (QED) is 0.617. The molecule has 2 N–H and O–H groups in total. The van der Waals surface area contributed by atoms with Crippen molar-refractivity contribution in [3.63, 3.8) is 0 Å². The molecule has 0 heterocycles. The lowest BCUT2D eigenvalue weighted by atomic mass is 10.0. The van der Waals surface area contributed by atoms with Crippen molar-refractivity contribution < 1.29 is 14.3 Å². The molecule has 0 saturated heterocycles. The van der Waals surface area contributed by atoms with Gasteiger partial charge in [-0.1, -0.05) is 26.0 Å². The summed E-state index contributed by atoms with van der Waals surface area (Å²) in [5.74, 6) is -0.849. The van der Waals surface area contributed by atoms with Crippen LogP contribution in [0.1, 0.15) is 31.7 Å². The number of methoxy groups -OCH3 is 1. The van der Waals surface area contributed by atoms with Crippen LogP contribution >= 0.6 is 0 Å². The highest BCUT2D eigenvalue weighted by Crippen LogP contribution is 2.16. The Morgan fingerprint density at radius 3 is 2.35 bits per heavy atom. The summed E-state index contributed by atoms with van der Waals surface area (Å²) >= 11 is 0. The van der Waals surface area contributed by atoms with Gasteiger partial charge in [-0.25, -0.2) is 0 Å². The molecule has 0 saturated carbocycles. The molecule has 5 heteroatoms. The Morgan fingerprint density at radius 1 is 1.15 bits per heavy atom. The summed E-state index contributed by atoms with van der Waals surface area (Å²) in [6.45, 7) is 5.17. The standard InChI is InChI=1S/C15H22N2O3/c1-11(2)12-5-7-13(8-6-12)17-15(19)14(18)16-9-4-10-20-3/h5-8,11H,4,9-10H2,1-3H3,(H,16,18)(H,17,19). The van der Waals surface area contributed by atoms with Gasteiger partial charge in [-0.05, 0) is 30.0 Å². The summed E-state index contributed by atoms with van der Waals surface area (Å²) in [5.41, 5.74) is 1.80. The van der Waals surface area contributed by atoms with Crippen LogP contribution in [-0.4, -0.2) is 32.1 Å². The third kappa shape index (κ3) is 5.40. The first-order valence-corrected chi connectivity index (χ1v) is 6.72. The van der Waals surface area contributed by atoms with Crippen molar-refractivity contribution in [2.45, 2.75) is 26.2 Å². The maximum atomic E-state index is 11.6. The maximum Gasteiger partial charge on any atom is 0.313 e. The molecule has 2 amide bonds. The van der Waals surface area contributed by atoms with Crippen molar-refractivity contribution >= 4 is 17.5 Å². The van der Waals surface area contributed by atoms with E-state index in [2.05, 4.69) is 24.5 Å². The third-order valence-corrected chi connectivity index (χ3v) is 2.85. The van der Waals surface area contributed by atoms with Crippen LogP contribution in [0.15, 0.2) is 24.3 Å². The Hall–Kier alpha value is -1.88. The van der Waals surface area contributed by atoms with E-state index in [-0.39, 0.29) is 0 Å². The van der Waals surface area contributed by atoms with Crippen molar-refractivity contribution in [3.8, 4) is 0 Å². The van der Waals surface area contributed by atoms with Crippen molar-refractivity contribution in [2.75, 3.05) is 25.6 Å². The first-order chi connectivity index (χ1) is 9.54. The van der Waals surface area contributed by atoms with Crippen LogP contribution in [0.2, 0.25) is 0 Å². The molecule has 0 spiro atoms. The van der Waals surface area contributed by atoms with E-state index in [4.69, 9.17) is 4.74 Å². The minimum atomic E-state index is -0.653. The fourth-order valence-electron chi connectivity index (χ4n) is 1.64. The fraction of sp³-hybridized carbons (Fsp3) is 0.467. The Labute approximate surface area is 119 Å². The first-order valence-electron chi connectivity index (χ1n) is 6.72. The number of carbonyl (C=O) groups excluding carboxylic acids is 2. The van der Waals surface area contributed by atoms with Gasteiger partial charge in [-0.15, -0.1) is 0 Å². The Kier molecular flexibility index (Phi) is 6.73.